The number of methoxy groups -OCH3 is 1. The number of carbonyl (C=O) groups excluding carboxylic acids is 2. The summed E-state index contributed by atoms with van der Waals surface area (Å²) in [5.41, 5.74) is 3.75. The van der Waals surface area contributed by atoms with Crippen molar-refractivity contribution in [1.82, 2.24) is 10.2 Å². The predicted octanol–water partition coefficient (Wildman–Crippen LogP) is 6.78. The van der Waals surface area contributed by atoms with Crippen molar-refractivity contribution in [2.75, 3.05) is 13.9 Å². The minimum Gasteiger partial charge on any atom is -0.493 e. The molecule has 0 spiro atoms. The Morgan fingerprint density at radius 1 is 0.981 bits per heavy atom. The molecule has 2 amide bonds. The molecule has 6 rings (SSSR count). The molecular weight excluding hydrogens is 752 g/mol. The van der Waals surface area contributed by atoms with E-state index >= 15 is 0 Å². The van der Waals surface area contributed by atoms with E-state index in [1.54, 1.807) is 32.2 Å². The van der Waals surface area contributed by atoms with Gasteiger partial charge in [-0.15, -0.1) is 0 Å². The maximum Gasteiger partial charge on any atom is 0.339 e. The van der Waals surface area contributed by atoms with Crippen molar-refractivity contribution in [1.29, 1.82) is 0 Å². The van der Waals surface area contributed by atoms with E-state index < -0.39 is 22.1 Å². The fourth-order valence-corrected chi connectivity index (χ4v) is 7.62. The summed E-state index contributed by atoms with van der Waals surface area (Å²) in [5.74, 6) is 0.796. The molecule has 2 heterocycles. The first-order valence-electron chi connectivity index (χ1n) is 16.6. The predicted molar refractivity (Wildman–Crippen MR) is 198 cm³/mol. The number of ether oxygens (including phenoxy) is 4. The van der Waals surface area contributed by atoms with E-state index in [1.165, 1.54) is 23.1 Å². The Morgan fingerprint density at radius 2 is 1.69 bits per heavy atom. The molecule has 0 radical (unpaired) electrons. The van der Waals surface area contributed by atoms with Crippen molar-refractivity contribution in [2.24, 2.45) is 0 Å². The molecule has 0 aliphatic carbocycles. The van der Waals surface area contributed by atoms with Crippen molar-refractivity contribution >= 4 is 43.9 Å². The molecule has 1 saturated heterocycles. The number of hydrogen-bond donors (Lipinski definition) is 1. The number of nitrogens with zero attached hydrogens (tertiary/aromatic N) is 1. The van der Waals surface area contributed by atoms with E-state index in [0.29, 0.717) is 28.6 Å². The molecular formula is C39H39BrN2O9S. The van der Waals surface area contributed by atoms with Crippen LogP contribution in [-0.2, 0) is 32.7 Å². The van der Waals surface area contributed by atoms with Crippen molar-refractivity contribution in [3.05, 3.63) is 110 Å². The molecule has 13 heteroatoms. The van der Waals surface area contributed by atoms with E-state index in [0.717, 1.165) is 26.7 Å². The molecule has 1 atom stereocenters. The highest BCUT2D eigenvalue weighted by molar-refractivity contribution is 9.10. The molecule has 0 aromatic heterocycles. The molecule has 4 aromatic rings. The van der Waals surface area contributed by atoms with Crippen LogP contribution < -0.4 is 28.4 Å². The zero-order valence-electron chi connectivity index (χ0n) is 29.6. The Morgan fingerprint density at radius 3 is 2.37 bits per heavy atom. The van der Waals surface area contributed by atoms with Crippen LogP contribution in [0.4, 0.5) is 0 Å². The number of carbonyl (C=O) groups is 2. The third kappa shape index (κ3) is 7.47. The second-order valence-corrected chi connectivity index (χ2v) is 15.2. The molecule has 11 nitrogen and oxygen atoms in total. The SMILES string of the molecule is COc1c(OC(C)C)cc(CC2NC(=O)/C(=C/c3cc4c(c(C)c3OS(=O)(=O)c3ccc(C)cc3)OCO4)N(Cc3ccccc3)C2=O)c(Br)c1C. The van der Waals surface area contributed by atoms with E-state index in [1.807, 2.05) is 64.1 Å². The summed E-state index contributed by atoms with van der Waals surface area (Å²) in [6.45, 7) is 9.19. The number of rotatable bonds is 11. The first-order chi connectivity index (χ1) is 24.8. The second kappa shape index (κ2) is 14.9. The summed E-state index contributed by atoms with van der Waals surface area (Å²) in [6.07, 6.45) is 1.46. The van der Waals surface area contributed by atoms with Crippen molar-refractivity contribution in [3.8, 4) is 28.7 Å². The molecule has 1 N–H and O–H groups in total. The Bertz CT molecular complexity index is 2170. The third-order valence-electron chi connectivity index (χ3n) is 8.71. The van der Waals surface area contributed by atoms with E-state index in [2.05, 4.69) is 21.2 Å². The highest BCUT2D eigenvalue weighted by Crippen LogP contribution is 2.45. The van der Waals surface area contributed by atoms with Crippen LogP contribution in [0, 0.1) is 20.8 Å². The normalized spacial score (nSPS) is 16.3. The van der Waals surface area contributed by atoms with Gasteiger partial charge in [0.05, 0.1) is 19.8 Å². The van der Waals surface area contributed by atoms with Gasteiger partial charge in [-0.05, 0) is 76.1 Å². The number of halogens is 1. The minimum absolute atomic E-state index is 0.00485. The average molecular weight is 792 g/mol. The van der Waals surface area contributed by atoms with Crippen LogP contribution in [0.2, 0.25) is 0 Å². The standard InChI is InChI=1S/C39H39BrN2O9S/c1-22(2)50-33-18-27(34(40)24(4)36(33)47-6)16-30-39(44)42(20-26-10-8-7-9-11-26)31(38(43)41-30)17-28-19-32-37(49-21-48-32)25(5)35(28)51-52(45,46)29-14-12-23(3)13-15-29/h7-15,17-19,22,30H,16,20-21H2,1-6H3,(H,41,43)/b31-17-. The van der Waals surface area contributed by atoms with Gasteiger partial charge in [-0.25, -0.2) is 0 Å². The number of benzene rings is 4. The maximum atomic E-state index is 14.5. The second-order valence-electron chi connectivity index (χ2n) is 12.8. The van der Waals surface area contributed by atoms with Gasteiger partial charge >= 0.3 is 10.1 Å². The summed E-state index contributed by atoms with van der Waals surface area (Å²) in [6, 6.07) is 18.0. The lowest BCUT2D eigenvalue weighted by molar-refractivity contribution is -0.140. The third-order valence-corrected chi connectivity index (χ3v) is 11.1. The van der Waals surface area contributed by atoms with Crippen molar-refractivity contribution in [2.45, 2.75) is 64.6 Å². The molecule has 1 fully saturated rings. The van der Waals surface area contributed by atoms with Crippen molar-refractivity contribution in [3.63, 3.8) is 0 Å². The smallest absolute Gasteiger partial charge is 0.339 e. The number of hydrogen-bond acceptors (Lipinski definition) is 9. The molecule has 272 valence electrons. The Kier molecular flexibility index (Phi) is 10.5. The Balaban J connectivity index is 1.43. The van der Waals surface area contributed by atoms with Gasteiger partial charge in [-0.3, -0.25) is 9.59 Å². The minimum atomic E-state index is -4.32. The largest absolute Gasteiger partial charge is 0.493 e. The van der Waals surface area contributed by atoms with Crippen LogP contribution in [0.5, 0.6) is 28.7 Å². The summed E-state index contributed by atoms with van der Waals surface area (Å²) in [4.78, 5) is 30.0. The number of fused-ring (bicyclic) bond motifs is 1. The first-order valence-corrected chi connectivity index (χ1v) is 18.8. The molecule has 0 bridgehead atoms. The number of aryl methyl sites for hydroxylation is 1. The summed E-state index contributed by atoms with van der Waals surface area (Å²) < 4.78 is 56.6. The lowest BCUT2D eigenvalue weighted by Crippen LogP contribution is -2.57. The highest BCUT2D eigenvalue weighted by atomic mass is 79.9. The van der Waals surface area contributed by atoms with Gasteiger partial charge in [-0.1, -0.05) is 64.0 Å². The van der Waals surface area contributed by atoms with Crippen LogP contribution in [0.15, 0.2) is 81.8 Å². The number of amides is 2. The van der Waals surface area contributed by atoms with Gasteiger partial charge in [0.15, 0.2) is 28.7 Å². The first kappa shape index (κ1) is 36.8. The topological polar surface area (TPSA) is 130 Å². The molecule has 4 aromatic carbocycles. The highest BCUT2D eigenvalue weighted by Gasteiger charge is 2.38. The Hall–Kier alpha value is -5.01. The molecule has 2 aliphatic rings. The fraction of sp³-hybridized carbons (Fsp3) is 0.282. The van der Waals surface area contributed by atoms with E-state index in [4.69, 9.17) is 23.1 Å². The van der Waals surface area contributed by atoms with Crippen molar-refractivity contribution < 1.29 is 41.1 Å². The van der Waals surface area contributed by atoms with Crippen LogP contribution in [0.25, 0.3) is 6.08 Å². The molecule has 52 heavy (non-hydrogen) atoms. The number of nitrogens with one attached hydrogen (secondary N) is 1. The van der Waals surface area contributed by atoms with Crippen LogP contribution in [0.3, 0.4) is 0 Å². The van der Waals surface area contributed by atoms with Gasteiger partial charge < -0.3 is 33.3 Å². The zero-order chi connectivity index (χ0) is 37.3. The van der Waals surface area contributed by atoms with Crippen LogP contribution >= 0.6 is 15.9 Å². The lowest BCUT2D eigenvalue weighted by Gasteiger charge is -2.35. The van der Waals surface area contributed by atoms with E-state index in [9.17, 15) is 18.0 Å². The van der Waals surface area contributed by atoms with Gasteiger partial charge in [-0.2, -0.15) is 8.42 Å². The van der Waals surface area contributed by atoms with Crippen LogP contribution in [0.1, 0.15) is 47.2 Å². The summed E-state index contributed by atoms with van der Waals surface area (Å²) in [5, 5.41) is 2.90. The molecule has 2 aliphatic heterocycles. The number of piperazine rings is 1. The maximum absolute atomic E-state index is 14.5. The summed E-state index contributed by atoms with van der Waals surface area (Å²) >= 11 is 3.67. The fourth-order valence-electron chi connectivity index (χ4n) is 6.15. The zero-order valence-corrected chi connectivity index (χ0v) is 32.0. The molecule has 0 saturated carbocycles. The van der Waals surface area contributed by atoms with Gasteiger partial charge in [0.1, 0.15) is 16.6 Å². The van der Waals surface area contributed by atoms with Crippen LogP contribution in [-0.4, -0.2) is 51.2 Å². The molecule has 1 unspecified atom stereocenters. The van der Waals surface area contributed by atoms with E-state index in [-0.39, 0.29) is 53.7 Å². The average Bonchev–Trinajstić information content (AvgIpc) is 3.58. The van der Waals surface area contributed by atoms with Gasteiger partial charge in [0.2, 0.25) is 12.7 Å². The van der Waals surface area contributed by atoms with Gasteiger partial charge in [0, 0.05) is 27.6 Å². The lowest BCUT2D eigenvalue weighted by atomic mass is 9.98. The monoisotopic (exact) mass is 790 g/mol. The summed E-state index contributed by atoms with van der Waals surface area (Å²) in [7, 11) is -2.75. The Labute approximate surface area is 311 Å². The van der Waals surface area contributed by atoms with Gasteiger partial charge in [0.25, 0.3) is 5.91 Å². The quantitative estimate of drug-likeness (QED) is 0.129.